The molecule has 176 valence electrons. The highest BCUT2D eigenvalue weighted by Gasteiger charge is 2.41. The number of amides is 3. The van der Waals surface area contributed by atoms with Crippen molar-refractivity contribution in [1.29, 1.82) is 0 Å². The normalized spacial score (nSPS) is 17.4. The number of likely N-dealkylation sites (tertiary alicyclic amines) is 1. The van der Waals surface area contributed by atoms with E-state index in [1.807, 2.05) is 42.5 Å². The number of nitrogens with one attached hydrogen (secondary N) is 2. The van der Waals surface area contributed by atoms with E-state index in [0.717, 1.165) is 10.9 Å². The zero-order chi connectivity index (χ0) is 23.9. The van der Waals surface area contributed by atoms with Crippen LogP contribution in [-0.4, -0.2) is 58.3 Å². The minimum Gasteiger partial charge on any atom is -0.445 e. The fraction of sp³-hybridized carbons (Fsp3) is 0.250. The number of nitrogens with zero attached hydrogens (tertiary/aromatic N) is 2. The van der Waals surface area contributed by atoms with Crippen molar-refractivity contribution in [1.82, 2.24) is 15.4 Å². The Bertz CT molecular complexity index is 1170. The summed E-state index contributed by atoms with van der Waals surface area (Å²) in [6.07, 6.45) is 0.529. The predicted octanol–water partition coefficient (Wildman–Crippen LogP) is 2.47. The molecule has 0 aliphatic carbocycles. The molecule has 3 aromatic rings. The van der Waals surface area contributed by atoms with Gasteiger partial charge in [0, 0.05) is 18.0 Å². The lowest BCUT2D eigenvalue weighted by Crippen LogP contribution is -2.43. The molecule has 0 saturated carbocycles. The molecule has 2 heterocycles. The van der Waals surface area contributed by atoms with E-state index in [4.69, 9.17) is 14.7 Å². The first-order chi connectivity index (χ1) is 16.5. The Labute approximate surface area is 195 Å². The van der Waals surface area contributed by atoms with Gasteiger partial charge < -0.3 is 14.8 Å². The lowest BCUT2D eigenvalue weighted by molar-refractivity contribution is -0.135. The highest BCUT2D eigenvalue weighted by Crippen LogP contribution is 2.26. The summed E-state index contributed by atoms with van der Waals surface area (Å²) in [5, 5.41) is 12.4. The largest absolute Gasteiger partial charge is 0.445 e. The minimum atomic E-state index is -0.885. The topological polar surface area (TPSA) is 130 Å². The Kier molecular flexibility index (Phi) is 7.31. The van der Waals surface area contributed by atoms with Gasteiger partial charge >= 0.3 is 6.09 Å². The molecule has 10 nitrogen and oxygen atoms in total. The number of benzene rings is 2. The van der Waals surface area contributed by atoms with Crippen molar-refractivity contribution in [2.45, 2.75) is 25.2 Å². The number of para-hydroxylation sites is 1. The van der Waals surface area contributed by atoms with Gasteiger partial charge in [-0.1, -0.05) is 48.5 Å². The number of carbonyl (C=O) groups is 3. The highest BCUT2D eigenvalue weighted by atomic mass is 16.6. The van der Waals surface area contributed by atoms with Gasteiger partial charge in [0.2, 0.25) is 5.91 Å². The Morgan fingerprint density at radius 2 is 1.85 bits per heavy atom. The van der Waals surface area contributed by atoms with Crippen molar-refractivity contribution in [3.8, 4) is 0 Å². The summed E-state index contributed by atoms with van der Waals surface area (Å²) < 4.78 is 10.9. The number of carbonyl (C=O) groups excluding carboxylic acids is 3. The lowest BCUT2D eigenvalue weighted by atomic mass is 10.1. The second kappa shape index (κ2) is 10.7. The van der Waals surface area contributed by atoms with E-state index >= 15 is 0 Å². The average molecular weight is 464 g/mol. The number of hydrogen-bond acceptors (Lipinski definition) is 7. The van der Waals surface area contributed by atoms with E-state index in [9.17, 15) is 14.4 Å². The van der Waals surface area contributed by atoms with Gasteiger partial charge in [-0.3, -0.25) is 24.7 Å². The van der Waals surface area contributed by atoms with E-state index in [1.165, 1.54) is 10.4 Å². The van der Waals surface area contributed by atoms with Gasteiger partial charge in [-0.25, -0.2) is 10.3 Å². The summed E-state index contributed by atoms with van der Waals surface area (Å²) in [5.74, 6) is -1.15. The zero-order valence-electron chi connectivity index (χ0n) is 18.2. The molecule has 34 heavy (non-hydrogen) atoms. The van der Waals surface area contributed by atoms with Gasteiger partial charge in [0.05, 0.1) is 23.9 Å². The Morgan fingerprint density at radius 3 is 2.65 bits per heavy atom. The smallest absolute Gasteiger partial charge is 0.410 e. The molecule has 4 rings (SSSR count). The summed E-state index contributed by atoms with van der Waals surface area (Å²) in [7, 11) is 0. The van der Waals surface area contributed by atoms with Crippen LogP contribution in [0.5, 0.6) is 0 Å². The van der Waals surface area contributed by atoms with Gasteiger partial charge in [-0.2, -0.15) is 0 Å². The van der Waals surface area contributed by atoms with Crippen LogP contribution >= 0.6 is 0 Å². The van der Waals surface area contributed by atoms with Crippen LogP contribution in [0.3, 0.4) is 0 Å². The van der Waals surface area contributed by atoms with Crippen molar-refractivity contribution < 1.29 is 29.1 Å². The molecule has 2 aromatic carbocycles. The van der Waals surface area contributed by atoms with Crippen molar-refractivity contribution >= 4 is 34.5 Å². The molecular weight excluding hydrogens is 440 g/mol. The second-order valence-corrected chi connectivity index (χ2v) is 7.78. The first-order valence-electron chi connectivity index (χ1n) is 10.7. The fourth-order valence-electron chi connectivity index (χ4n) is 3.82. The maximum atomic E-state index is 13.2. The molecule has 1 aliphatic rings. The lowest BCUT2D eigenvalue weighted by Gasteiger charge is -2.23. The van der Waals surface area contributed by atoms with Crippen LogP contribution in [0.15, 0.2) is 66.9 Å². The van der Waals surface area contributed by atoms with Crippen LogP contribution in [0.1, 0.15) is 12.0 Å². The average Bonchev–Trinajstić information content (AvgIpc) is 3.31. The third-order valence-electron chi connectivity index (χ3n) is 5.47. The molecule has 1 saturated heterocycles. The van der Waals surface area contributed by atoms with Crippen molar-refractivity contribution in [3.63, 3.8) is 0 Å². The van der Waals surface area contributed by atoms with Crippen LogP contribution in [0.2, 0.25) is 0 Å². The number of hydroxylamine groups is 1. The van der Waals surface area contributed by atoms with Crippen molar-refractivity contribution in [2.75, 3.05) is 18.5 Å². The van der Waals surface area contributed by atoms with E-state index in [2.05, 4.69) is 10.3 Å². The van der Waals surface area contributed by atoms with Gasteiger partial charge in [-0.05, 0) is 17.7 Å². The van der Waals surface area contributed by atoms with E-state index in [-0.39, 0.29) is 19.6 Å². The summed E-state index contributed by atoms with van der Waals surface area (Å²) in [4.78, 5) is 43.1. The molecule has 2 unspecified atom stereocenters. The first kappa shape index (κ1) is 23.1. The Hall–Kier alpha value is -4.02. The third-order valence-corrected chi connectivity index (χ3v) is 5.47. The summed E-state index contributed by atoms with van der Waals surface area (Å²) in [6, 6.07) is 17.4. The fourth-order valence-corrected chi connectivity index (χ4v) is 3.82. The maximum absolute atomic E-state index is 13.2. The monoisotopic (exact) mass is 464 g/mol. The van der Waals surface area contributed by atoms with Crippen LogP contribution in [0.4, 0.5) is 10.5 Å². The second-order valence-electron chi connectivity index (χ2n) is 7.78. The SMILES string of the molecule is O=C(COC1CC(C(=O)Nc2cccc3cccnc23)N(C(=O)OCc2ccccc2)C1)NO. The molecule has 1 aliphatic heterocycles. The highest BCUT2D eigenvalue weighted by molar-refractivity contribution is 6.03. The zero-order valence-corrected chi connectivity index (χ0v) is 18.2. The molecule has 0 radical (unpaired) electrons. The summed E-state index contributed by atoms with van der Waals surface area (Å²) in [5.41, 5.74) is 3.45. The molecule has 2 atom stereocenters. The van der Waals surface area contributed by atoms with Crippen molar-refractivity contribution in [3.05, 3.63) is 72.4 Å². The van der Waals surface area contributed by atoms with Crippen molar-refractivity contribution in [2.24, 2.45) is 0 Å². The Morgan fingerprint density at radius 1 is 1.06 bits per heavy atom. The molecule has 3 N–H and O–H groups in total. The number of rotatable bonds is 7. The predicted molar refractivity (Wildman–Crippen MR) is 122 cm³/mol. The molecule has 10 heteroatoms. The summed E-state index contributed by atoms with van der Waals surface area (Å²) >= 11 is 0. The van der Waals surface area contributed by atoms with E-state index in [1.54, 1.807) is 24.4 Å². The minimum absolute atomic E-state index is 0.0518. The summed E-state index contributed by atoms with van der Waals surface area (Å²) in [6.45, 7) is -0.302. The molecule has 1 fully saturated rings. The van der Waals surface area contributed by atoms with Gasteiger partial charge in [0.15, 0.2) is 0 Å². The number of pyridine rings is 1. The standard InChI is InChI=1S/C24H24N4O6/c29-21(27-32)15-33-18-12-20(28(13-18)24(31)34-14-16-6-2-1-3-7-16)23(30)26-19-10-4-8-17-9-5-11-25-22(17)19/h1-11,18,20,32H,12-15H2,(H,26,30)(H,27,29). The number of aromatic nitrogens is 1. The van der Waals surface area contributed by atoms with Crippen LogP contribution in [0.25, 0.3) is 10.9 Å². The van der Waals surface area contributed by atoms with Gasteiger partial charge in [0.25, 0.3) is 5.91 Å². The number of fused-ring (bicyclic) bond motifs is 1. The molecular formula is C24H24N4O6. The molecule has 3 amide bonds. The van der Waals surface area contributed by atoms with E-state index < -0.39 is 36.7 Å². The number of hydrogen-bond donors (Lipinski definition) is 3. The third kappa shape index (κ3) is 5.48. The molecule has 0 bridgehead atoms. The molecule has 1 aromatic heterocycles. The van der Waals surface area contributed by atoms with E-state index in [0.29, 0.717) is 11.2 Å². The number of ether oxygens (including phenoxy) is 2. The van der Waals surface area contributed by atoms with Crippen LogP contribution in [0, 0.1) is 0 Å². The number of anilines is 1. The van der Waals surface area contributed by atoms with Gasteiger partial charge in [-0.15, -0.1) is 0 Å². The van der Waals surface area contributed by atoms with Gasteiger partial charge in [0.1, 0.15) is 19.3 Å². The van der Waals surface area contributed by atoms with Crippen LogP contribution < -0.4 is 10.8 Å². The van der Waals surface area contributed by atoms with Crippen LogP contribution in [-0.2, 0) is 25.7 Å². The Balaban J connectivity index is 1.49. The maximum Gasteiger partial charge on any atom is 0.410 e. The first-order valence-corrected chi connectivity index (χ1v) is 10.7. The quantitative estimate of drug-likeness (QED) is 0.362. The molecule has 0 spiro atoms.